The molecule has 1 atom stereocenters. The van der Waals surface area contributed by atoms with Gasteiger partial charge in [-0.3, -0.25) is 4.79 Å². The number of hydrogen-bond acceptors (Lipinski definition) is 4. The molecule has 2 aromatic rings. The third kappa shape index (κ3) is 3.39. The van der Waals surface area contributed by atoms with Gasteiger partial charge in [-0.25, -0.2) is 0 Å². The average Bonchev–Trinajstić information content (AvgIpc) is 3.02. The topological polar surface area (TPSA) is 56.8 Å². The zero-order chi connectivity index (χ0) is 16.2. The summed E-state index contributed by atoms with van der Waals surface area (Å²) in [6, 6.07) is 13.0. The Morgan fingerprint density at radius 3 is 2.52 bits per heavy atom. The Morgan fingerprint density at radius 2 is 1.87 bits per heavy atom. The second kappa shape index (κ2) is 6.60. The van der Waals surface area contributed by atoms with E-state index in [9.17, 15) is 4.79 Å². The van der Waals surface area contributed by atoms with E-state index in [0.29, 0.717) is 23.6 Å². The van der Waals surface area contributed by atoms with Crippen LogP contribution in [0, 0.1) is 0 Å². The number of nitrogens with one attached hydrogen (secondary N) is 1. The number of benzene rings is 2. The molecular weight excluding hydrogens is 294 g/mol. The lowest BCUT2D eigenvalue weighted by Gasteiger charge is -2.13. The van der Waals surface area contributed by atoms with Crippen LogP contribution in [0.2, 0.25) is 0 Å². The van der Waals surface area contributed by atoms with Gasteiger partial charge in [0.15, 0.2) is 0 Å². The van der Waals surface area contributed by atoms with E-state index in [1.165, 1.54) is 5.56 Å². The highest BCUT2D eigenvalue weighted by Gasteiger charge is 2.23. The summed E-state index contributed by atoms with van der Waals surface area (Å²) in [6.45, 7) is 0.451. The van der Waals surface area contributed by atoms with Crippen molar-refractivity contribution in [2.75, 3.05) is 20.8 Å². The second-order valence-corrected chi connectivity index (χ2v) is 5.36. The predicted octanol–water partition coefficient (Wildman–Crippen LogP) is 2.44. The van der Waals surface area contributed by atoms with E-state index in [1.807, 2.05) is 24.3 Å². The number of methoxy groups -OCH3 is 2. The molecule has 120 valence electrons. The van der Waals surface area contributed by atoms with Crippen molar-refractivity contribution in [2.24, 2.45) is 0 Å². The van der Waals surface area contributed by atoms with Crippen molar-refractivity contribution in [2.45, 2.75) is 12.5 Å². The number of hydrogen-bond donors (Lipinski definition) is 1. The highest BCUT2D eigenvalue weighted by molar-refractivity contribution is 5.95. The number of amides is 1. The van der Waals surface area contributed by atoms with Crippen molar-refractivity contribution in [3.8, 4) is 17.2 Å². The quantitative estimate of drug-likeness (QED) is 0.921. The van der Waals surface area contributed by atoms with Gasteiger partial charge in [0.1, 0.15) is 23.4 Å². The van der Waals surface area contributed by atoms with E-state index in [2.05, 4.69) is 5.32 Å². The maximum Gasteiger partial charge on any atom is 0.251 e. The zero-order valence-electron chi connectivity index (χ0n) is 13.2. The van der Waals surface area contributed by atoms with Crippen LogP contribution < -0.4 is 19.5 Å². The van der Waals surface area contributed by atoms with Crippen molar-refractivity contribution >= 4 is 5.91 Å². The van der Waals surface area contributed by atoms with Gasteiger partial charge in [0.05, 0.1) is 20.8 Å². The molecular formula is C18H19NO4. The molecule has 1 unspecified atom stereocenters. The fourth-order valence-electron chi connectivity index (χ4n) is 2.61. The Bertz CT molecular complexity index is 667. The first-order valence-electron chi connectivity index (χ1n) is 7.45. The monoisotopic (exact) mass is 313 g/mol. The van der Waals surface area contributed by atoms with E-state index in [0.717, 1.165) is 12.2 Å². The first-order chi connectivity index (χ1) is 11.2. The summed E-state index contributed by atoms with van der Waals surface area (Å²) in [5, 5.41) is 2.90. The lowest BCUT2D eigenvalue weighted by molar-refractivity contribution is 0.0933. The molecule has 0 aromatic heterocycles. The van der Waals surface area contributed by atoms with Crippen LogP contribution in [0.15, 0.2) is 42.5 Å². The van der Waals surface area contributed by atoms with Gasteiger partial charge >= 0.3 is 0 Å². The van der Waals surface area contributed by atoms with Gasteiger partial charge < -0.3 is 19.5 Å². The summed E-state index contributed by atoms with van der Waals surface area (Å²) in [7, 11) is 3.11. The first-order valence-corrected chi connectivity index (χ1v) is 7.45. The van der Waals surface area contributed by atoms with Crippen molar-refractivity contribution in [3.05, 3.63) is 53.6 Å². The Kier molecular flexibility index (Phi) is 4.37. The van der Waals surface area contributed by atoms with Gasteiger partial charge in [0, 0.05) is 18.1 Å². The Balaban J connectivity index is 1.62. The van der Waals surface area contributed by atoms with E-state index in [4.69, 9.17) is 14.2 Å². The summed E-state index contributed by atoms with van der Waals surface area (Å²) < 4.78 is 16.2. The standard InChI is InChI=1S/C18H19NO4/c1-21-14-8-13(9-15(10-14)22-2)18(20)19-11-16-7-12-5-3-4-6-17(12)23-16/h3-6,8-10,16H,7,11H2,1-2H3,(H,19,20). The van der Waals surface area contributed by atoms with E-state index in [1.54, 1.807) is 32.4 Å². The number of para-hydroxylation sites is 1. The molecule has 1 aliphatic rings. The van der Waals surface area contributed by atoms with E-state index >= 15 is 0 Å². The smallest absolute Gasteiger partial charge is 0.251 e. The Morgan fingerprint density at radius 1 is 1.17 bits per heavy atom. The van der Waals surface area contributed by atoms with E-state index < -0.39 is 0 Å². The molecule has 0 saturated carbocycles. The number of fused-ring (bicyclic) bond motifs is 1. The van der Waals surface area contributed by atoms with Gasteiger partial charge in [-0.15, -0.1) is 0 Å². The summed E-state index contributed by atoms with van der Waals surface area (Å²) in [4.78, 5) is 12.3. The fourth-order valence-corrected chi connectivity index (χ4v) is 2.61. The average molecular weight is 313 g/mol. The third-order valence-corrected chi connectivity index (χ3v) is 3.82. The first kappa shape index (κ1) is 15.2. The minimum Gasteiger partial charge on any atom is -0.497 e. The molecule has 0 aliphatic carbocycles. The van der Waals surface area contributed by atoms with Gasteiger partial charge in [-0.05, 0) is 23.8 Å². The Hall–Kier alpha value is -2.69. The number of carbonyl (C=O) groups excluding carboxylic acids is 1. The molecule has 0 spiro atoms. The molecule has 0 saturated heterocycles. The lowest BCUT2D eigenvalue weighted by atomic mass is 10.1. The molecule has 5 heteroatoms. The van der Waals surface area contributed by atoms with Gasteiger partial charge in [-0.2, -0.15) is 0 Å². The highest BCUT2D eigenvalue weighted by atomic mass is 16.5. The van der Waals surface area contributed by atoms with Crippen LogP contribution in [0.1, 0.15) is 15.9 Å². The normalized spacial score (nSPS) is 15.5. The highest BCUT2D eigenvalue weighted by Crippen LogP contribution is 2.28. The molecule has 1 aliphatic heterocycles. The summed E-state index contributed by atoms with van der Waals surface area (Å²) in [5.41, 5.74) is 1.67. The van der Waals surface area contributed by atoms with Crippen LogP contribution in [0.25, 0.3) is 0 Å². The maximum atomic E-state index is 12.3. The number of ether oxygens (including phenoxy) is 3. The molecule has 0 bridgehead atoms. The molecule has 2 aromatic carbocycles. The van der Waals surface area contributed by atoms with Crippen molar-refractivity contribution in [3.63, 3.8) is 0 Å². The van der Waals surface area contributed by atoms with Crippen LogP contribution in [-0.4, -0.2) is 32.8 Å². The van der Waals surface area contributed by atoms with Crippen molar-refractivity contribution in [1.82, 2.24) is 5.32 Å². The van der Waals surface area contributed by atoms with Gasteiger partial charge in [-0.1, -0.05) is 18.2 Å². The van der Waals surface area contributed by atoms with Crippen LogP contribution in [-0.2, 0) is 6.42 Å². The van der Waals surface area contributed by atoms with Gasteiger partial charge in [0.25, 0.3) is 5.91 Å². The minimum absolute atomic E-state index is 0.0381. The second-order valence-electron chi connectivity index (χ2n) is 5.36. The summed E-state index contributed by atoms with van der Waals surface area (Å²) in [6.07, 6.45) is 0.765. The largest absolute Gasteiger partial charge is 0.497 e. The lowest BCUT2D eigenvalue weighted by Crippen LogP contribution is -2.34. The molecule has 1 N–H and O–H groups in total. The minimum atomic E-state index is -0.179. The fraction of sp³-hybridized carbons (Fsp3) is 0.278. The summed E-state index contributed by atoms with van der Waals surface area (Å²) in [5.74, 6) is 1.88. The molecule has 1 amide bonds. The molecule has 5 nitrogen and oxygen atoms in total. The number of carbonyl (C=O) groups is 1. The van der Waals surface area contributed by atoms with Crippen LogP contribution in [0.3, 0.4) is 0 Å². The maximum absolute atomic E-state index is 12.3. The molecule has 1 heterocycles. The summed E-state index contributed by atoms with van der Waals surface area (Å²) >= 11 is 0. The third-order valence-electron chi connectivity index (χ3n) is 3.82. The van der Waals surface area contributed by atoms with Crippen molar-refractivity contribution in [1.29, 1.82) is 0 Å². The van der Waals surface area contributed by atoms with Gasteiger partial charge in [0.2, 0.25) is 0 Å². The van der Waals surface area contributed by atoms with Crippen LogP contribution in [0.4, 0.5) is 0 Å². The van der Waals surface area contributed by atoms with Crippen LogP contribution >= 0.6 is 0 Å². The number of rotatable bonds is 5. The predicted molar refractivity (Wildman–Crippen MR) is 86.4 cm³/mol. The molecule has 3 rings (SSSR count). The molecule has 0 radical (unpaired) electrons. The SMILES string of the molecule is COc1cc(OC)cc(C(=O)NCC2Cc3ccccc3O2)c1. The molecule has 0 fully saturated rings. The molecule has 23 heavy (non-hydrogen) atoms. The van der Waals surface area contributed by atoms with Crippen LogP contribution in [0.5, 0.6) is 17.2 Å². The van der Waals surface area contributed by atoms with Crippen molar-refractivity contribution < 1.29 is 19.0 Å². The van der Waals surface area contributed by atoms with E-state index in [-0.39, 0.29) is 12.0 Å². The Labute approximate surface area is 135 Å². The zero-order valence-corrected chi connectivity index (χ0v) is 13.2.